The van der Waals surface area contributed by atoms with Crippen molar-refractivity contribution in [2.45, 2.75) is 6.92 Å². The normalized spacial score (nSPS) is 11.2. The number of nitrogens with zero attached hydrogens (tertiary/aromatic N) is 4. The Balaban J connectivity index is 2.35. The highest BCUT2D eigenvalue weighted by atomic mass is 32.1. The maximum Gasteiger partial charge on any atom is 0.178 e. The molecule has 3 aromatic rings. The Morgan fingerprint density at radius 1 is 1.41 bits per heavy atom. The molecule has 0 unspecified atom stereocenters. The Labute approximate surface area is 102 Å². The van der Waals surface area contributed by atoms with Crippen LogP contribution in [0.1, 0.15) is 5.69 Å². The van der Waals surface area contributed by atoms with E-state index in [9.17, 15) is 0 Å². The van der Waals surface area contributed by atoms with Gasteiger partial charge >= 0.3 is 0 Å². The standard InChI is InChI=1S/C11H11N5S/c1-6-8(9(12)17-15-6)11-14-10-7(16(11)2)4-3-5-13-10/h3-5H,12H2,1-2H3. The van der Waals surface area contributed by atoms with Crippen LogP contribution in [0.15, 0.2) is 18.3 Å². The third-order valence-electron chi connectivity index (χ3n) is 2.77. The number of anilines is 1. The van der Waals surface area contributed by atoms with Crippen LogP contribution in [0, 0.1) is 6.92 Å². The molecule has 0 bridgehead atoms. The Bertz CT molecular complexity index is 678. The number of imidazole rings is 1. The lowest BCUT2D eigenvalue weighted by molar-refractivity contribution is 0.957. The number of rotatable bonds is 1. The molecule has 5 nitrogen and oxygen atoms in total. The van der Waals surface area contributed by atoms with Crippen molar-refractivity contribution in [2.75, 3.05) is 5.73 Å². The summed E-state index contributed by atoms with van der Waals surface area (Å²) in [4.78, 5) is 8.76. The molecule has 6 heteroatoms. The molecular weight excluding hydrogens is 234 g/mol. The van der Waals surface area contributed by atoms with E-state index in [4.69, 9.17) is 5.73 Å². The summed E-state index contributed by atoms with van der Waals surface area (Å²) in [6.07, 6.45) is 1.74. The van der Waals surface area contributed by atoms with Crippen LogP contribution >= 0.6 is 11.5 Å². The Morgan fingerprint density at radius 2 is 2.24 bits per heavy atom. The monoisotopic (exact) mass is 245 g/mol. The van der Waals surface area contributed by atoms with E-state index in [1.54, 1.807) is 6.20 Å². The largest absolute Gasteiger partial charge is 0.389 e. The van der Waals surface area contributed by atoms with Crippen molar-refractivity contribution in [1.82, 2.24) is 18.9 Å². The number of hydrogen-bond donors (Lipinski definition) is 1. The molecule has 0 fully saturated rings. The lowest BCUT2D eigenvalue weighted by Gasteiger charge is -2.01. The van der Waals surface area contributed by atoms with Crippen LogP contribution in [0.4, 0.5) is 5.00 Å². The lowest BCUT2D eigenvalue weighted by Crippen LogP contribution is -1.95. The number of nitrogen functional groups attached to an aromatic ring is 1. The lowest BCUT2D eigenvalue weighted by atomic mass is 10.2. The van der Waals surface area contributed by atoms with E-state index in [0.717, 1.165) is 28.2 Å². The Hall–Kier alpha value is -1.95. The highest BCUT2D eigenvalue weighted by Gasteiger charge is 2.17. The molecular formula is C11H11N5S. The molecule has 0 radical (unpaired) electrons. The van der Waals surface area contributed by atoms with Crippen molar-refractivity contribution in [3.8, 4) is 11.4 Å². The van der Waals surface area contributed by atoms with Gasteiger partial charge in [-0.15, -0.1) is 0 Å². The maximum atomic E-state index is 5.95. The fourth-order valence-electron chi connectivity index (χ4n) is 1.91. The van der Waals surface area contributed by atoms with E-state index >= 15 is 0 Å². The molecule has 0 aliphatic carbocycles. The van der Waals surface area contributed by atoms with Crippen molar-refractivity contribution in [3.05, 3.63) is 24.0 Å². The SMILES string of the molecule is Cc1nsc(N)c1-c1nc2ncccc2n1C. The molecule has 3 aromatic heterocycles. The molecule has 0 spiro atoms. The van der Waals surface area contributed by atoms with Gasteiger partial charge in [-0.3, -0.25) is 0 Å². The number of pyridine rings is 1. The van der Waals surface area contributed by atoms with Crippen LogP contribution in [-0.2, 0) is 7.05 Å². The fourth-order valence-corrected chi connectivity index (χ4v) is 2.57. The van der Waals surface area contributed by atoms with Crippen molar-refractivity contribution in [1.29, 1.82) is 0 Å². The molecule has 86 valence electrons. The van der Waals surface area contributed by atoms with Crippen LogP contribution in [0.3, 0.4) is 0 Å². The first kappa shape index (κ1) is 10.2. The van der Waals surface area contributed by atoms with E-state index in [1.807, 2.05) is 30.7 Å². The Kier molecular flexibility index (Phi) is 2.12. The highest BCUT2D eigenvalue weighted by molar-refractivity contribution is 7.10. The quantitative estimate of drug-likeness (QED) is 0.711. The van der Waals surface area contributed by atoms with Gasteiger partial charge in [0.2, 0.25) is 0 Å². The van der Waals surface area contributed by atoms with E-state index in [-0.39, 0.29) is 0 Å². The van der Waals surface area contributed by atoms with Crippen LogP contribution in [0.2, 0.25) is 0 Å². The van der Waals surface area contributed by atoms with Gasteiger partial charge < -0.3 is 10.3 Å². The predicted octanol–water partition coefficient (Wildman–Crippen LogP) is 1.98. The smallest absolute Gasteiger partial charge is 0.178 e. The van der Waals surface area contributed by atoms with Gasteiger partial charge in [0.1, 0.15) is 10.8 Å². The zero-order chi connectivity index (χ0) is 12.0. The summed E-state index contributed by atoms with van der Waals surface area (Å²) in [5, 5.41) is 0.695. The van der Waals surface area contributed by atoms with E-state index in [2.05, 4.69) is 14.3 Å². The van der Waals surface area contributed by atoms with Gasteiger partial charge in [-0.05, 0) is 30.6 Å². The predicted molar refractivity (Wildman–Crippen MR) is 68.8 cm³/mol. The zero-order valence-electron chi connectivity index (χ0n) is 9.51. The first-order chi connectivity index (χ1) is 8.18. The summed E-state index contributed by atoms with van der Waals surface area (Å²) >= 11 is 1.30. The highest BCUT2D eigenvalue weighted by Crippen LogP contribution is 2.32. The molecule has 17 heavy (non-hydrogen) atoms. The molecule has 0 atom stereocenters. The molecule has 0 saturated heterocycles. The summed E-state index contributed by atoms with van der Waals surface area (Å²) in [7, 11) is 1.96. The van der Waals surface area contributed by atoms with Crippen LogP contribution in [-0.4, -0.2) is 18.9 Å². The second-order valence-corrected chi connectivity index (χ2v) is 4.65. The topological polar surface area (TPSA) is 69.6 Å². The van der Waals surface area contributed by atoms with Crippen molar-refractivity contribution >= 4 is 27.7 Å². The van der Waals surface area contributed by atoms with Gasteiger partial charge in [0.15, 0.2) is 5.65 Å². The molecule has 3 rings (SSSR count). The molecule has 0 amide bonds. The van der Waals surface area contributed by atoms with Gasteiger partial charge in [0.25, 0.3) is 0 Å². The fraction of sp³-hybridized carbons (Fsp3) is 0.182. The molecule has 0 aliphatic heterocycles. The summed E-state index contributed by atoms with van der Waals surface area (Å²) < 4.78 is 6.24. The average molecular weight is 245 g/mol. The first-order valence-electron chi connectivity index (χ1n) is 5.18. The minimum absolute atomic E-state index is 0.695. The van der Waals surface area contributed by atoms with Gasteiger partial charge in [0.05, 0.1) is 16.8 Å². The molecule has 0 aromatic carbocycles. The third-order valence-corrected chi connectivity index (χ3v) is 3.54. The Morgan fingerprint density at radius 3 is 2.88 bits per heavy atom. The summed E-state index contributed by atoms with van der Waals surface area (Å²) in [5.41, 5.74) is 9.49. The maximum absolute atomic E-state index is 5.95. The van der Waals surface area contributed by atoms with Crippen LogP contribution in [0.25, 0.3) is 22.6 Å². The number of hydrogen-bond acceptors (Lipinski definition) is 5. The van der Waals surface area contributed by atoms with Gasteiger partial charge in [-0.25, -0.2) is 9.97 Å². The minimum Gasteiger partial charge on any atom is -0.389 e. The van der Waals surface area contributed by atoms with Gasteiger partial charge in [-0.2, -0.15) is 4.37 Å². The van der Waals surface area contributed by atoms with Crippen LogP contribution in [0.5, 0.6) is 0 Å². The number of fused-ring (bicyclic) bond motifs is 1. The zero-order valence-corrected chi connectivity index (χ0v) is 10.3. The second kappa shape index (κ2) is 3.53. The number of nitrogens with two attached hydrogens (primary N) is 1. The first-order valence-corrected chi connectivity index (χ1v) is 5.95. The van der Waals surface area contributed by atoms with Crippen LogP contribution < -0.4 is 5.73 Å². The average Bonchev–Trinajstić information content (AvgIpc) is 2.82. The van der Waals surface area contributed by atoms with E-state index in [1.165, 1.54) is 11.5 Å². The molecule has 3 heterocycles. The molecule has 0 saturated carbocycles. The third kappa shape index (κ3) is 1.41. The summed E-state index contributed by atoms with van der Waals surface area (Å²) in [6, 6.07) is 3.89. The van der Waals surface area contributed by atoms with Gasteiger partial charge in [-0.1, -0.05) is 0 Å². The molecule has 2 N–H and O–H groups in total. The van der Waals surface area contributed by atoms with Crippen molar-refractivity contribution in [3.63, 3.8) is 0 Å². The number of aryl methyl sites for hydroxylation is 2. The van der Waals surface area contributed by atoms with Crippen molar-refractivity contribution in [2.24, 2.45) is 7.05 Å². The minimum atomic E-state index is 0.695. The second-order valence-electron chi connectivity index (χ2n) is 3.85. The summed E-state index contributed by atoms with van der Waals surface area (Å²) in [6.45, 7) is 1.94. The summed E-state index contributed by atoms with van der Waals surface area (Å²) in [5.74, 6) is 0.822. The van der Waals surface area contributed by atoms with Gasteiger partial charge in [0, 0.05) is 13.2 Å². The molecule has 0 aliphatic rings. The van der Waals surface area contributed by atoms with Crippen molar-refractivity contribution < 1.29 is 0 Å². The van der Waals surface area contributed by atoms with E-state index in [0.29, 0.717) is 5.00 Å². The number of aromatic nitrogens is 4. The van der Waals surface area contributed by atoms with E-state index < -0.39 is 0 Å².